The highest BCUT2D eigenvalue weighted by Crippen LogP contribution is 2.19. The Balaban J connectivity index is 2.00. The minimum atomic E-state index is -3.94. The number of non-ortho nitro benzene ring substituents is 1. The fourth-order valence-corrected chi connectivity index (χ4v) is 3.93. The largest absolute Gasteiger partial charge is 0.383 e. The molecule has 0 bridgehead atoms. The van der Waals surface area contributed by atoms with E-state index in [4.69, 9.17) is 4.74 Å². The van der Waals surface area contributed by atoms with Crippen molar-refractivity contribution in [3.05, 3.63) is 64.7 Å². The van der Waals surface area contributed by atoms with Crippen LogP contribution in [-0.2, 0) is 14.8 Å². The van der Waals surface area contributed by atoms with Crippen LogP contribution in [0.15, 0.2) is 64.4 Å². The maximum atomic E-state index is 12.3. The van der Waals surface area contributed by atoms with E-state index in [1.54, 1.807) is 11.8 Å². The number of hydrogen-bond donors (Lipinski definition) is 2. The van der Waals surface area contributed by atoms with E-state index in [0.29, 0.717) is 5.75 Å². The van der Waals surface area contributed by atoms with Crippen LogP contribution < -0.4 is 10.3 Å². The minimum Gasteiger partial charge on any atom is -0.383 e. The number of rotatable bonds is 10. The number of hydrogen-bond acceptors (Lipinski definition) is 7. The molecule has 0 aliphatic heterocycles. The summed E-state index contributed by atoms with van der Waals surface area (Å²) >= 11 is 1.55. The van der Waals surface area contributed by atoms with E-state index in [2.05, 4.69) is 10.3 Å². The van der Waals surface area contributed by atoms with Crippen molar-refractivity contribution in [1.29, 1.82) is 0 Å². The van der Waals surface area contributed by atoms with E-state index in [9.17, 15) is 18.5 Å². The summed E-state index contributed by atoms with van der Waals surface area (Å²) in [4.78, 5) is 13.3. The molecule has 8 nitrogen and oxygen atoms in total. The molecule has 1 unspecified atom stereocenters. The molecule has 0 radical (unpaired) electrons. The second-order valence-electron chi connectivity index (χ2n) is 5.28. The number of nitro benzene ring substituents is 1. The van der Waals surface area contributed by atoms with Gasteiger partial charge in [-0.3, -0.25) is 10.1 Å². The average Bonchev–Trinajstić information content (AvgIpc) is 2.65. The van der Waals surface area contributed by atoms with Gasteiger partial charge >= 0.3 is 0 Å². The highest BCUT2D eigenvalue weighted by molar-refractivity contribution is 7.99. The Morgan fingerprint density at radius 2 is 1.92 bits per heavy atom. The fraction of sp³-hybridized carbons (Fsp3) is 0.250. The topological polar surface area (TPSA) is 111 Å². The Morgan fingerprint density at radius 3 is 2.58 bits per heavy atom. The van der Waals surface area contributed by atoms with E-state index < -0.39 is 14.9 Å². The van der Waals surface area contributed by atoms with E-state index in [0.717, 1.165) is 11.0 Å². The molecule has 2 aromatic rings. The summed E-state index contributed by atoms with van der Waals surface area (Å²) in [5.41, 5.74) is 2.43. The molecule has 0 fully saturated rings. The highest BCUT2D eigenvalue weighted by Gasteiger charge is 2.19. The lowest BCUT2D eigenvalue weighted by Crippen LogP contribution is -2.47. The van der Waals surface area contributed by atoms with E-state index in [1.807, 2.05) is 30.3 Å². The molecule has 0 aliphatic carbocycles. The Hall–Kier alpha value is -1.98. The van der Waals surface area contributed by atoms with E-state index in [1.165, 1.54) is 25.3 Å². The van der Waals surface area contributed by atoms with Crippen molar-refractivity contribution in [2.24, 2.45) is 0 Å². The molecule has 1 atom stereocenters. The molecule has 0 aromatic heterocycles. The summed E-state index contributed by atoms with van der Waals surface area (Å²) in [7, 11) is -2.42. The normalized spacial score (nSPS) is 12.7. The molecule has 0 aliphatic rings. The lowest BCUT2D eigenvalue weighted by atomic mass is 10.3. The molecule has 10 heteroatoms. The van der Waals surface area contributed by atoms with Gasteiger partial charge in [-0.2, -0.15) is 0 Å². The molecule has 26 heavy (non-hydrogen) atoms. The third-order valence-electron chi connectivity index (χ3n) is 3.30. The van der Waals surface area contributed by atoms with Crippen LogP contribution in [0.2, 0.25) is 0 Å². The number of nitrogens with zero attached hydrogens (tertiary/aromatic N) is 1. The van der Waals surface area contributed by atoms with Crippen molar-refractivity contribution < 1.29 is 18.1 Å². The van der Waals surface area contributed by atoms with Crippen LogP contribution >= 0.6 is 11.8 Å². The zero-order chi connectivity index (χ0) is 19.0. The zero-order valence-electron chi connectivity index (χ0n) is 14.0. The third-order valence-corrected chi connectivity index (χ3v) is 5.73. The molecule has 0 saturated heterocycles. The molecule has 0 heterocycles. The number of nitro groups is 1. The lowest BCUT2D eigenvalue weighted by molar-refractivity contribution is -0.385. The summed E-state index contributed by atoms with van der Waals surface area (Å²) in [6.45, 7) is 0.289. The van der Waals surface area contributed by atoms with Gasteiger partial charge in [-0.25, -0.2) is 13.8 Å². The van der Waals surface area contributed by atoms with Gasteiger partial charge in [0.1, 0.15) is 0 Å². The Kier molecular flexibility index (Phi) is 7.54. The maximum absolute atomic E-state index is 12.3. The molecule has 0 saturated carbocycles. The van der Waals surface area contributed by atoms with E-state index >= 15 is 0 Å². The molecule has 140 valence electrons. The summed E-state index contributed by atoms with van der Waals surface area (Å²) in [5.74, 6) is 0.565. The van der Waals surface area contributed by atoms with Crippen molar-refractivity contribution in [3.8, 4) is 0 Å². The third kappa shape index (κ3) is 6.07. The van der Waals surface area contributed by atoms with Gasteiger partial charge in [-0.1, -0.05) is 24.3 Å². The second kappa shape index (κ2) is 9.64. The predicted octanol–water partition coefficient (Wildman–Crippen LogP) is 2.19. The Bertz CT molecular complexity index is 831. The number of methoxy groups -OCH3 is 1. The Morgan fingerprint density at radius 1 is 1.19 bits per heavy atom. The number of nitrogens with one attached hydrogen (secondary N) is 2. The van der Waals surface area contributed by atoms with E-state index in [-0.39, 0.29) is 23.2 Å². The van der Waals surface area contributed by atoms with Crippen LogP contribution in [0.4, 0.5) is 5.69 Å². The van der Waals surface area contributed by atoms with Crippen LogP contribution in [0.3, 0.4) is 0 Å². The zero-order valence-corrected chi connectivity index (χ0v) is 15.6. The SMILES string of the molecule is COCC(CSc1ccccc1)NNS(=O)(=O)c1cccc([N+](=O)[O-])c1. The fourth-order valence-electron chi connectivity index (χ4n) is 2.03. The molecular weight excluding hydrogens is 378 g/mol. The minimum absolute atomic E-state index is 0.189. The quantitative estimate of drug-likeness (QED) is 0.359. The van der Waals surface area contributed by atoms with Crippen LogP contribution in [-0.4, -0.2) is 38.9 Å². The smallest absolute Gasteiger partial charge is 0.270 e. The van der Waals surface area contributed by atoms with Crippen molar-refractivity contribution in [3.63, 3.8) is 0 Å². The first-order chi connectivity index (χ1) is 12.4. The van der Waals surface area contributed by atoms with Gasteiger partial charge in [0.25, 0.3) is 15.7 Å². The van der Waals surface area contributed by atoms with Gasteiger partial charge in [-0.15, -0.1) is 16.6 Å². The average molecular weight is 397 g/mol. The van der Waals surface area contributed by atoms with Crippen LogP contribution in [0.5, 0.6) is 0 Å². The second-order valence-corrected chi connectivity index (χ2v) is 8.06. The van der Waals surface area contributed by atoms with Gasteiger partial charge in [-0.05, 0) is 18.2 Å². The van der Waals surface area contributed by atoms with Crippen molar-refractivity contribution in [1.82, 2.24) is 10.3 Å². The van der Waals surface area contributed by atoms with Gasteiger partial charge in [0.15, 0.2) is 0 Å². The standard InChI is InChI=1S/C16H19N3O5S2/c1-24-11-13(12-25-15-7-3-2-4-8-15)17-18-26(22,23)16-9-5-6-14(10-16)19(20)21/h2-10,13,17-18H,11-12H2,1H3. The molecule has 2 rings (SSSR count). The first kappa shape index (κ1) is 20.3. The summed E-state index contributed by atoms with van der Waals surface area (Å²) in [5, 5.41) is 10.8. The lowest BCUT2D eigenvalue weighted by Gasteiger charge is -2.18. The summed E-state index contributed by atoms with van der Waals surface area (Å²) < 4.78 is 29.8. The van der Waals surface area contributed by atoms with Crippen molar-refractivity contribution in [2.75, 3.05) is 19.5 Å². The monoisotopic (exact) mass is 397 g/mol. The van der Waals surface area contributed by atoms with Gasteiger partial charge in [0, 0.05) is 29.9 Å². The molecular formula is C16H19N3O5S2. The first-order valence-corrected chi connectivity index (χ1v) is 10.1. The predicted molar refractivity (Wildman–Crippen MR) is 99.4 cm³/mol. The molecule has 2 N–H and O–H groups in total. The highest BCUT2D eigenvalue weighted by atomic mass is 32.2. The molecule has 0 spiro atoms. The summed E-state index contributed by atoms with van der Waals surface area (Å²) in [6, 6.07) is 14.2. The van der Waals surface area contributed by atoms with Crippen LogP contribution in [0.1, 0.15) is 0 Å². The van der Waals surface area contributed by atoms with Crippen molar-refractivity contribution >= 4 is 27.5 Å². The Labute approximate surface area is 156 Å². The van der Waals surface area contributed by atoms with Gasteiger partial charge in [0.2, 0.25) is 0 Å². The molecule has 2 aromatic carbocycles. The number of sulfonamides is 1. The number of benzene rings is 2. The first-order valence-electron chi connectivity index (χ1n) is 7.61. The van der Waals surface area contributed by atoms with Gasteiger partial charge < -0.3 is 4.74 Å². The maximum Gasteiger partial charge on any atom is 0.270 e. The number of thioether (sulfide) groups is 1. The number of hydrazine groups is 1. The van der Waals surface area contributed by atoms with Crippen LogP contribution in [0, 0.1) is 10.1 Å². The number of ether oxygens (including phenoxy) is 1. The van der Waals surface area contributed by atoms with Crippen LogP contribution in [0.25, 0.3) is 0 Å². The van der Waals surface area contributed by atoms with Gasteiger partial charge in [0.05, 0.1) is 22.5 Å². The molecule has 0 amide bonds. The van der Waals surface area contributed by atoms with Crippen molar-refractivity contribution in [2.45, 2.75) is 15.8 Å². The summed E-state index contributed by atoms with van der Waals surface area (Å²) in [6.07, 6.45) is 0.